The van der Waals surface area contributed by atoms with Crippen LogP contribution in [0.15, 0.2) is 24.3 Å². The van der Waals surface area contributed by atoms with E-state index in [1.807, 2.05) is 18.2 Å². The smallest absolute Gasteiger partial charge is 0.124 e. The highest BCUT2D eigenvalue weighted by Crippen LogP contribution is 2.36. The molecule has 5 heteroatoms. The summed E-state index contributed by atoms with van der Waals surface area (Å²) in [6.07, 6.45) is 2.43. The maximum atomic E-state index is 9.06. The lowest BCUT2D eigenvalue weighted by atomic mass is 9.82. The van der Waals surface area contributed by atoms with E-state index in [0.717, 1.165) is 54.8 Å². The number of para-hydroxylation sites is 2. The van der Waals surface area contributed by atoms with Gasteiger partial charge in [0.2, 0.25) is 0 Å². The minimum absolute atomic E-state index is 0.186. The number of aromatic nitrogens is 2. The first-order chi connectivity index (χ1) is 10.3. The van der Waals surface area contributed by atoms with Gasteiger partial charge in [0.1, 0.15) is 5.82 Å². The van der Waals surface area contributed by atoms with Crippen molar-refractivity contribution in [2.45, 2.75) is 25.8 Å². The van der Waals surface area contributed by atoms with Crippen LogP contribution in [0.2, 0.25) is 0 Å². The van der Waals surface area contributed by atoms with Crippen LogP contribution >= 0.6 is 15.9 Å². The predicted molar refractivity (Wildman–Crippen MR) is 85.3 cm³/mol. The molecule has 0 N–H and O–H groups in total. The number of rotatable bonds is 4. The van der Waals surface area contributed by atoms with Gasteiger partial charge in [-0.15, -0.1) is 0 Å². The third-order valence-electron chi connectivity index (χ3n) is 4.30. The number of imidazole rings is 1. The minimum Gasteiger partial charge on any atom is -0.381 e. The van der Waals surface area contributed by atoms with Crippen LogP contribution in [0.25, 0.3) is 11.0 Å². The van der Waals surface area contributed by atoms with Crippen LogP contribution in [-0.2, 0) is 17.7 Å². The summed E-state index contributed by atoms with van der Waals surface area (Å²) in [6, 6.07) is 10.4. The van der Waals surface area contributed by atoms with Crippen LogP contribution in [0.3, 0.4) is 0 Å². The second kappa shape index (κ2) is 6.17. The summed E-state index contributed by atoms with van der Waals surface area (Å²) in [5.74, 6) is 0.866. The summed E-state index contributed by atoms with van der Waals surface area (Å²) < 4.78 is 7.74. The van der Waals surface area contributed by atoms with Gasteiger partial charge in [-0.25, -0.2) is 4.98 Å². The standard InChI is InChI=1S/C16H18BrN3O/c17-11-16(6-9-21-10-7-16)12-20-14-4-2-1-3-13(14)19-15(20)5-8-18/h1-4H,5-7,9-12H2. The number of hydrogen-bond donors (Lipinski definition) is 0. The second-order valence-corrected chi connectivity index (χ2v) is 6.24. The molecule has 0 amide bonds. The van der Waals surface area contributed by atoms with Crippen LogP contribution in [0.4, 0.5) is 0 Å². The summed E-state index contributed by atoms with van der Waals surface area (Å²) in [4.78, 5) is 4.63. The van der Waals surface area contributed by atoms with Gasteiger partial charge in [0.25, 0.3) is 0 Å². The molecule has 2 heterocycles. The van der Waals surface area contributed by atoms with E-state index in [1.165, 1.54) is 0 Å². The Bertz CT molecular complexity index is 668. The van der Waals surface area contributed by atoms with Crippen molar-refractivity contribution < 1.29 is 4.74 Å². The fourth-order valence-electron chi connectivity index (χ4n) is 2.98. The van der Waals surface area contributed by atoms with Gasteiger partial charge in [0, 0.05) is 30.5 Å². The molecule has 0 atom stereocenters. The van der Waals surface area contributed by atoms with Gasteiger partial charge in [-0.1, -0.05) is 28.1 Å². The van der Waals surface area contributed by atoms with Crippen LogP contribution in [0.5, 0.6) is 0 Å². The summed E-state index contributed by atoms with van der Waals surface area (Å²) in [7, 11) is 0. The zero-order valence-corrected chi connectivity index (χ0v) is 13.5. The summed E-state index contributed by atoms with van der Waals surface area (Å²) in [5, 5.41) is 10.0. The van der Waals surface area contributed by atoms with E-state index in [0.29, 0.717) is 6.42 Å². The van der Waals surface area contributed by atoms with Gasteiger partial charge in [-0.2, -0.15) is 5.26 Å². The van der Waals surface area contributed by atoms with Gasteiger partial charge in [-0.05, 0) is 25.0 Å². The monoisotopic (exact) mass is 347 g/mol. The van der Waals surface area contributed by atoms with Crippen LogP contribution in [-0.4, -0.2) is 28.1 Å². The average Bonchev–Trinajstić information content (AvgIpc) is 2.86. The van der Waals surface area contributed by atoms with E-state index in [9.17, 15) is 0 Å². The van der Waals surface area contributed by atoms with Gasteiger partial charge in [-0.3, -0.25) is 0 Å². The van der Waals surface area contributed by atoms with Gasteiger partial charge >= 0.3 is 0 Å². The van der Waals surface area contributed by atoms with E-state index in [2.05, 4.69) is 37.6 Å². The summed E-state index contributed by atoms with van der Waals surface area (Å²) in [5.41, 5.74) is 2.28. The highest BCUT2D eigenvalue weighted by atomic mass is 79.9. The molecule has 1 aliphatic heterocycles. The number of hydrogen-bond acceptors (Lipinski definition) is 3. The summed E-state index contributed by atoms with van der Waals surface area (Å²) >= 11 is 3.69. The molecule has 0 bridgehead atoms. The number of ether oxygens (including phenoxy) is 1. The van der Waals surface area contributed by atoms with Crippen molar-refractivity contribution in [2.24, 2.45) is 5.41 Å². The maximum absolute atomic E-state index is 9.06. The first-order valence-corrected chi connectivity index (χ1v) is 8.35. The zero-order chi connectivity index (χ0) is 14.7. The number of nitriles is 1. The molecule has 1 fully saturated rings. The van der Waals surface area contributed by atoms with Crippen molar-refractivity contribution in [1.82, 2.24) is 9.55 Å². The molecule has 21 heavy (non-hydrogen) atoms. The van der Waals surface area contributed by atoms with Crippen molar-refractivity contribution in [3.8, 4) is 6.07 Å². The Morgan fingerprint density at radius 2 is 2.10 bits per heavy atom. The number of fused-ring (bicyclic) bond motifs is 1. The van der Waals surface area contributed by atoms with Gasteiger partial charge in [0.05, 0.1) is 23.5 Å². The Morgan fingerprint density at radius 1 is 1.33 bits per heavy atom. The van der Waals surface area contributed by atoms with Crippen LogP contribution < -0.4 is 0 Å². The highest BCUT2D eigenvalue weighted by Gasteiger charge is 2.33. The average molecular weight is 348 g/mol. The molecule has 1 aliphatic rings. The number of alkyl halides is 1. The quantitative estimate of drug-likeness (QED) is 0.797. The molecule has 1 aromatic heterocycles. The van der Waals surface area contributed by atoms with E-state index in [4.69, 9.17) is 10.00 Å². The molecular formula is C16H18BrN3O. The molecule has 0 saturated carbocycles. The molecule has 1 aromatic carbocycles. The molecule has 110 valence electrons. The second-order valence-electron chi connectivity index (χ2n) is 5.68. The van der Waals surface area contributed by atoms with Crippen LogP contribution in [0.1, 0.15) is 18.7 Å². The fraction of sp³-hybridized carbons (Fsp3) is 0.500. The predicted octanol–water partition coefficient (Wildman–Crippen LogP) is 3.29. The minimum atomic E-state index is 0.186. The fourth-order valence-corrected chi connectivity index (χ4v) is 3.72. The maximum Gasteiger partial charge on any atom is 0.124 e. The molecule has 0 unspecified atom stereocenters. The van der Waals surface area contributed by atoms with Crippen molar-refractivity contribution in [3.63, 3.8) is 0 Å². The molecule has 0 aliphatic carbocycles. The van der Waals surface area contributed by atoms with Crippen molar-refractivity contribution >= 4 is 27.0 Å². The Balaban J connectivity index is 2.02. The molecular weight excluding hydrogens is 330 g/mol. The molecule has 3 rings (SSSR count). The van der Waals surface area contributed by atoms with Gasteiger partial charge in [0.15, 0.2) is 0 Å². The van der Waals surface area contributed by atoms with Crippen molar-refractivity contribution in [2.75, 3.05) is 18.5 Å². The van der Waals surface area contributed by atoms with Crippen LogP contribution in [0, 0.1) is 16.7 Å². The Kier molecular flexibility index (Phi) is 4.27. The first kappa shape index (κ1) is 14.6. The zero-order valence-electron chi connectivity index (χ0n) is 11.9. The van der Waals surface area contributed by atoms with Crippen molar-refractivity contribution in [3.05, 3.63) is 30.1 Å². The van der Waals surface area contributed by atoms with Gasteiger partial charge < -0.3 is 9.30 Å². The normalized spacial score (nSPS) is 17.7. The Hall–Kier alpha value is -1.38. The molecule has 4 nitrogen and oxygen atoms in total. The van der Waals surface area contributed by atoms with E-state index >= 15 is 0 Å². The van der Waals surface area contributed by atoms with Crippen molar-refractivity contribution in [1.29, 1.82) is 5.26 Å². The highest BCUT2D eigenvalue weighted by molar-refractivity contribution is 9.09. The molecule has 0 spiro atoms. The first-order valence-electron chi connectivity index (χ1n) is 7.23. The largest absolute Gasteiger partial charge is 0.381 e. The SMILES string of the molecule is N#CCc1nc2ccccc2n1CC1(CBr)CCOCC1. The third kappa shape index (κ3) is 2.83. The van der Waals surface area contributed by atoms with E-state index in [-0.39, 0.29) is 5.41 Å². The Labute approximate surface area is 132 Å². The summed E-state index contributed by atoms with van der Waals surface area (Å²) in [6.45, 7) is 2.51. The molecule has 2 aromatic rings. The third-order valence-corrected chi connectivity index (χ3v) is 5.49. The van der Waals surface area contributed by atoms with E-state index < -0.39 is 0 Å². The molecule has 1 saturated heterocycles. The number of benzene rings is 1. The Morgan fingerprint density at radius 3 is 2.81 bits per heavy atom. The lowest BCUT2D eigenvalue weighted by molar-refractivity contribution is 0.0188. The number of nitrogens with zero attached hydrogens (tertiary/aromatic N) is 3. The topological polar surface area (TPSA) is 50.8 Å². The molecule has 0 radical (unpaired) electrons. The van der Waals surface area contributed by atoms with E-state index in [1.54, 1.807) is 0 Å². The lowest BCUT2D eigenvalue weighted by Crippen LogP contribution is -2.35. The lowest BCUT2D eigenvalue weighted by Gasteiger charge is -2.36. The number of halogens is 1.